The van der Waals surface area contributed by atoms with Gasteiger partial charge in [0.05, 0.1) is 5.69 Å². The number of rotatable bonds is 3. The number of aromatic nitrogens is 3. The molecule has 1 aromatic carbocycles. The van der Waals surface area contributed by atoms with Gasteiger partial charge in [0.2, 0.25) is 0 Å². The summed E-state index contributed by atoms with van der Waals surface area (Å²) in [5.74, 6) is 0. The number of hydrogen-bond acceptors (Lipinski definition) is 5. The van der Waals surface area contributed by atoms with Crippen molar-refractivity contribution in [1.82, 2.24) is 19.9 Å². The summed E-state index contributed by atoms with van der Waals surface area (Å²) in [4.78, 5) is 4.79. The van der Waals surface area contributed by atoms with E-state index >= 15 is 0 Å². The first-order valence-corrected chi connectivity index (χ1v) is 6.89. The Hall–Kier alpha value is -2.08. The van der Waals surface area contributed by atoms with Crippen LogP contribution < -0.4 is 10.6 Å². The molecule has 1 saturated heterocycles. The van der Waals surface area contributed by atoms with Crippen LogP contribution in [-0.4, -0.2) is 46.1 Å². The van der Waals surface area contributed by atoms with Crippen LogP contribution in [-0.2, 0) is 13.6 Å². The van der Waals surface area contributed by atoms with E-state index in [1.807, 2.05) is 31.4 Å². The minimum Gasteiger partial charge on any atom is -0.399 e. The van der Waals surface area contributed by atoms with Crippen LogP contribution in [0.4, 0.5) is 11.4 Å². The molecule has 2 heterocycles. The normalized spacial score (nSPS) is 16.6. The molecule has 3 rings (SSSR count). The lowest BCUT2D eigenvalue weighted by atomic mass is 10.2. The monoisotopic (exact) mass is 272 g/mol. The average molecular weight is 272 g/mol. The van der Waals surface area contributed by atoms with Crippen molar-refractivity contribution >= 4 is 11.4 Å². The molecule has 6 heteroatoms. The van der Waals surface area contributed by atoms with Crippen molar-refractivity contribution in [2.24, 2.45) is 7.05 Å². The van der Waals surface area contributed by atoms with Crippen molar-refractivity contribution in [3.8, 4) is 0 Å². The van der Waals surface area contributed by atoms with Gasteiger partial charge >= 0.3 is 0 Å². The minimum atomic E-state index is 0.824. The van der Waals surface area contributed by atoms with Gasteiger partial charge < -0.3 is 10.6 Å². The molecule has 6 nitrogen and oxygen atoms in total. The Morgan fingerprint density at radius 2 is 2.00 bits per heavy atom. The highest BCUT2D eigenvalue weighted by Gasteiger charge is 2.18. The molecule has 1 aromatic heterocycles. The predicted molar refractivity (Wildman–Crippen MR) is 79.3 cm³/mol. The molecule has 0 bridgehead atoms. The van der Waals surface area contributed by atoms with E-state index < -0.39 is 0 Å². The van der Waals surface area contributed by atoms with Crippen molar-refractivity contribution in [3.63, 3.8) is 0 Å². The third-order valence-corrected chi connectivity index (χ3v) is 3.64. The molecule has 0 spiro atoms. The highest BCUT2D eigenvalue weighted by Crippen LogP contribution is 2.19. The fourth-order valence-electron chi connectivity index (χ4n) is 2.58. The first-order valence-electron chi connectivity index (χ1n) is 6.89. The number of piperazine rings is 1. The Kier molecular flexibility index (Phi) is 3.56. The van der Waals surface area contributed by atoms with Gasteiger partial charge in [-0.25, -0.2) is 0 Å². The summed E-state index contributed by atoms with van der Waals surface area (Å²) >= 11 is 0. The summed E-state index contributed by atoms with van der Waals surface area (Å²) in [7, 11) is 1.90. The quantitative estimate of drug-likeness (QED) is 0.834. The van der Waals surface area contributed by atoms with E-state index in [2.05, 4.69) is 26.2 Å². The van der Waals surface area contributed by atoms with Gasteiger partial charge in [0.1, 0.15) is 0 Å². The SMILES string of the molecule is Cn1cc(CN2CCN(c3cccc(N)c3)CC2)nn1. The van der Waals surface area contributed by atoms with Crippen LogP contribution >= 0.6 is 0 Å². The van der Waals surface area contributed by atoms with E-state index in [1.54, 1.807) is 4.68 Å². The first kappa shape index (κ1) is 12.9. The van der Waals surface area contributed by atoms with E-state index in [9.17, 15) is 0 Å². The van der Waals surface area contributed by atoms with E-state index in [1.165, 1.54) is 5.69 Å². The fraction of sp³-hybridized carbons (Fsp3) is 0.429. The summed E-state index contributed by atoms with van der Waals surface area (Å²) in [5, 5.41) is 8.11. The van der Waals surface area contributed by atoms with Crippen LogP contribution in [0.15, 0.2) is 30.5 Å². The van der Waals surface area contributed by atoms with Crippen molar-refractivity contribution in [2.75, 3.05) is 36.8 Å². The second kappa shape index (κ2) is 5.50. The molecule has 2 aromatic rings. The van der Waals surface area contributed by atoms with Crippen molar-refractivity contribution in [1.29, 1.82) is 0 Å². The molecule has 20 heavy (non-hydrogen) atoms. The summed E-state index contributed by atoms with van der Waals surface area (Å²) in [6, 6.07) is 8.09. The predicted octanol–water partition coefficient (Wildman–Crippen LogP) is 0.720. The second-order valence-corrected chi connectivity index (χ2v) is 5.24. The lowest BCUT2D eigenvalue weighted by molar-refractivity contribution is 0.247. The van der Waals surface area contributed by atoms with Gasteiger partial charge in [0.15, 0.2) is 0 Å². The Morgan fingerprint density at radius 3 is 2.65 bits per heavy atom. The largest absolute Gasteiger partial charge is 0.399 e. The summed E-state index contributed by atoms with van der Waals surface area (Å²) < 4.78 is 1.75. The van der Waals surface area contributed by atoms with Crippen molar-refractivity contribution < 1.29 is 0 Å². The standard InChI is InChI=1S/C14H20N6/c1-18-10-13(16-17-18)11-19-5-7-20(8-6-19)14-4-2-3-12(15)9-14/h2-4,9-10H,5-8,11,15H2,1H3. The van der Waals surface area contributed by atoms with E-state index in [0.29, 0.717) is 0 Å². The molecular formula is C14H20N6. The maximum Gasteiger partial charge on any atom is 0.0967 e. The zero-order valence-electron chi connectivity index (χ0n) is 11.7. The van der Waals surface area contributed by atoms with Crippen LogP contribution in [0.1, 0.15) is 5.69 Å². The lowest BCUT2D eigenvalue weighted by Gasteiger charge is -2.35. The molecule has 0 amide bonds. The first-order chi connectivity index (χ1) is 9.70. The zero-order valence-corrected chi connectivity index (χ0v) is 11.7. The molecule has 0 atom stereocenters. The summed E-state index contributed by atoms with van der Waals surface area (Å²) in [6.45, 7) is 4.97. The van der Waals surface area contributed by atoms with Gasteiger partial charge in [-0.05, 0) is 18.2 Å². The molecule has 106 valence electrons. The highest BCUT2D eigenvalue weighted by atomic mass is 15.4. The molecule has 0 saturated carbocycles. The number of hydrogen-bond donors (Lipinski definition) is 1. The number of nitrogens with two attached hydrogens (primary N) is 1. The molecule has 0 radical (unpaired) electrons. The summed E-state index contributed by atoms with van der Waals surface area (Å²) in [5.41, 5.74) is 8.91. The molecule has 0 unspecified atom stereocenters. The maximum atomic E-state index is 5.84. The maximum absolute atomic E-state index is 5.84. The summed E-state index contributed by atoms with van der Waals surface area (Å²) in [6.07, 6.45) is 1.98. The van der Waals surface area contributed by atoms with E-state index in [4.69, 9.17) is 5.73 Å². The fourth-order valence-corrected chi connectivity index (χ4v) is 2.58. The minimum absolute atomic E-state index is 0.824. The van der Waals surface area contributed by atoms with Gasteiger partial charge in [-0.1, -0.05) is 11.3 Å². The zero-order chi connectivity index (χ0) is 13.9. The molecule has 1 fully saturated rings. The third-order valence-electron chi connectivity index (χ3n) is 3.64. The van der Waals surface area contributed by atoms with Crippen LogP contribution in [0.5, 0.6) is 0 Å². The third kappa shape index (κ3) is 2.91. The second-order valence-electron chi connectivity index (χ2n) is 5.24. The highest BCUT2D eigenvalue weighted by molar-refractivity contribution is 5.56. The Bertz CT molecular complexity index is 571. The van der Waals surface area contributed by atoms with Gasteiger partial charge in [-0.2, -0.15) is 0 Å². The molecule has 2 N–H and O–H groups in total. The Labute approximate surface area is 118 Å². The number of anilines is 2. The van der Waals surface area contributed by atoms with E-state index in [0.717, 1.165) is 44.1 Å². The van der Waals surface area contributed by atoms with Crippen molar-refractivity contribution in [3.05, 3.63) is 36.2 Å². The van der Waals surface area contributed by atoms with Crippen LogP contribution in [0.2, 0.25) is 0 Å². The number of benzene rings is 1. The Morgan fingerprint density at radius 1 is 1.20 bits per heavy atom. The molecular weight excluding hydrogens is 252 g/mol. The van der Waals surface area contributed by atoms with Gasteiger partial charge in [0, 0.05) is 57.3 Å². The van der Waals surface area contributed by atoms with Crippen LogP contribution in [0.3, 0.4) is 0 Å². The number of nitrogen functional groups attached to an aromatic ring is 1. The van der Waals surface area contributed by atoms with Gasteiger partial charge in [-0.15, -0.1) is 5.10 Å². The number of aryl methyl sites for hydroxylation is 1. The van der Waals surface area contributed by atoms with Gasteiger partial charge in [-0.3, -0.25) is 9.58 Å². The Balaban J connectivity index is 1.57. The molecule has 0 aliphatic carbocycles. The van der Waals surface area contributed by atoms with Crippen molar-refractivity contribution in [2.45, 2.75) is 6.54 Å². The van der Waals surface area contributed by atoms with E-state index in [-0.39, 0.29) is 0 Å². The number of nitrogens with zero attached hydrogens (tertiary/aromatic N) is 5. The van der Waals surface area contributed by atoms with Crippen LogP contribution in [0.25, 0.3) is 0 Å². The van der Waals surface area contributed by atoms with Gasteiger partial charge in [0.25, 0.3) is 0 Å². The van der Waals surface area contributed by atoms with Crippen LogP contribution in [0, 0.1) is 0 Å². The molecule has 1 aliphatic rings. The average Bonchev–Trinajstić information content (AvgIpc) is 2.85. The lowest BCUT2D eigenvalue weighted by Crippen LogP contribution is -2.46. The smallest absolute Gasteiger partial charge is 0.0967 e. The molecule has 1 aliphatic heterocycles. The topological polar surface area (TPSA) is 63.2 Å².